The zero-order chi connectivity index (χ0) is 24.2. The molecular formula is C29H31ClN4O. The fraction of sp³-hybridized carbons (Fsp3) is 0.310. The average molecular weight is 487 g/mol. The Morgan fingerprint density at radius 2 is 1.54 bits per heavy atom. The lowest BCUT2D eigenvalue weighted by Crippen LogP contribution is -2.49. The Labute approximate surface area is 212 Å². The van der Waals surface area contributed by atoms with Gasteiger partial charge in [-0.3, -0.25) is 14.6 Å². The van der Waals surface area contributed by atoms with Crippen molar-refractivity contribution in [3.63, 3.8) is 0 Å². The first-order valence-electron chi connectivity index (χ1n) is 12.3. The zero-order valence-electron chi connectivity index (χ0n) is 20.1. The molecule has 1 saturated heterocycles. The molecule has 180 valence electrons. The lowest BCUT2D eigenvalue weighted by atomic mass is 9.98. The molecule has 2 aliphatic rings. The van der Waals surface area contributed by atoms with E-state index in [9.17, 15) is 4.79 Å². The van der Waals surface area contributed by atoms with Crippen LogP contribution in [0.5, 0.6) is 0 Å². The van der Waals surface area contributed by atoms with Gasteiger partial charge in [-0.2, -0.15) is 5.10 Å². The van der Waals surface area contributed by atoms with E-state index in [2.05, 4.69) is 65.3 Å². The third-order valence-electron chi connectivity index (χ3n) is 6.89. The first-order valence-corrected chi connectivity index (χ1v) is 12.6. The summed E-state index contributed by atoms with van der Waals surface area (Å²) >= 11 is 6.56. The molecule has 5 nitrogen and oxygen atoms in total. The van der Waals surface area contributed by atoms with Gasteiger partial charge in [-0.15, -0.1) is 0 Å². The van der Waals surface area contributed by atoms with Crippen LogP contribution in [0.15, 0.2) is 84.0 Å². The number of carbonyl (C=O) groups is 1. The molecule has 1 unspecified atom stereocenters. The highest BCUT2D eigenvalue weighted by Gasteiger charge is 2.35. The largest absolute Gasteiger partial charge is 0.297 e. The molecule has 3 aromatic carbocycles. The Bertz CT molecular complexity index is 1190. The minimum Gasteiger partial charge on any atom is -0.297 e. The molecule has 5 rings (SSSR count). The van der Waals surface area contributed by atoms with E-state index in [1.807, 2.05) is 30.3 Å². The summed E-state index contributed by atoms with van der Waals surface area (Å²) in [4.78, 5) is 18.2. The van der Waals surface area contributed by atoms with E-state index < -0.39 is 0 Å². The molecule has 1 amide bonds. The van der Waals surface area contributed by atoms with Gasteiger partial charge < -0.3 is 0 Å². The Morgan fingerprint density at radius 1 is 0.886 bits per heavy atom. The normalized spacial score (nSPS) is 19.1. The van der Waals surface area contributed by atoms with E-state index in [4.69, 9.17) is 16.7 Å². The number of carbonyl (C=O) groups excluding carboxylic acids is 1. The first kappa shape index (κ1) is 23.7. The summed E-state index contributed by atoms with van der Waals surface area (Å²) in [5.41, 5.74) is 5.46. The number of amides is 1. The number of rotatable bonds is 6. The number of benzene rings is 3. The van der Waals surface area contributed by atoms with E-state index in [-0.39, 0.29) is 11.9 Å². The number of nitrogens with zero attached hydrogens (tertiary/aromatic N) is 4. The first-order chi connectivity index (χ1) is 17.1. The van der Waals surface area contributed by atoms with Gasteiger partial charge in [0.25, 0.3) is 5.91 Å². The predicted octanol–water partition coefficient (Wildman–Crippen LogP) is 5.14. The van der Waals surface area contributed by atoms with Crippen LogP contribution in [0.25, 0.3) is 0 Å². The maximum Gasteiger partial charge on any atom is 0.257 e. The van der Waals surface area contributed by atoms with Gasteiger partial charge in [0.1, 0.15) is 0 Å². The van der Waals surface area contributed by atoms with E-state index >= 15 is 0 Å². The van der Waals surface area contributed by atoms with Gasteiger partial charge in [0.05, 0.1) is 18.3 Å². The van der Waals surface area contributed by atoms with Crippen LogP contribution in [0.2, 0.25) is 5.02 Å². The number of halogens is 1. The van der Waals surface area contributed by atoms with Crippen LogP contribution < -0.4 is 0 Å². The number of hydrogen-bond acceptors (Lipinski definition) is 4. The standard InChI is InChI=1S/C29H31ClN4O/c1-22-11-13-24(14-12-22)27-19-28(25-9-5-6-10-26(25)30)34(31-27)29(35)21-33-17-15-32(16-18-33)20-23-7-3-2-4-8-23/h2-14,28H,15-21H2,1H3. The highest BCUT2D eigenvalue weighted by molar-refractivity contribution is 6.31. The van der Waals surface area contributed by atoms with Crippen LogP contribution in [0.3, 0.4) is 0 Å². The molecular weight excluding hydrogens is 456 g/mol. The van der Waals surface area contributed by atoms with Gasteiger partial charge in [-0.05, 0) is 29.7 Å². The van der Waals surface area contributed by atoms with Crippen LogP contribution in [0, 0.1) is 6.92 Å². The second-order valence-corrected chi connectivity index (χ2v) is 9.84. The van der Waals surface area contributed by atoms with E-state index in [1.54, 1.807) is 5.01 Å². The smallest absolute Gasteiger partial charge is 0.257 e. The van der Waals surface area contributed by atoms with Gasteiger partial charge in [0, 0.05) is 44.2 Å². The van der Waals surface area contributed by atoms with E-state index in [0.717, 1.165) is 49.6 Å². The van der Waals surface area contributed by atoms with Gasteiger partial charge in [0.2, 0.25) is 0 Å². The van der Waals surface area contributed by atoms with Gasteiger partial charge in [-0.1, -0.05) is 90.0 Å². The Balaban J connectivity index is 1.28. The molecule has 1 atom stereocenters. The van der Waals surface area contributed by atoms with Crippen LogP contribution in [-0.2, 0) is 11.3 Å². The summed E-state index contributed by atoms with van der Waals surface area (Å²) in [6.45, 7) is 7.04. The maximum atomic E-state index is 13.5. The average Bonchev–Trinajstić information content (AvgIpc) is 3.32. The van der Waals surface area contributed by atoms with Crippen LogP contribution in [-0.4, -0.2) is 59.2 Å². The van der Waals surface area contributed by atoms with Crippen molar-refractivity contribution in [2.24, 2.45) is 5.10 Å². The topological polar surface area (TPSA) is 39.2 Å². The summed E-state index contributed by atoms with van der Waals surface area (Å²) in [5, 5.41) is 7.17. The Kier molecular flexibility index (Phi) is 7.28. The van der Waals surface area contributed by atoms with Crippen molar-refractivity contribution < 1.29 is 4.79 Å². The molecule has 0 saturated carbocycles. The molecule has 3 aromatic rings. The molecule has 0 aliphatic carbocycles. The number of piperazine rings is 1. The highest BCUT2D eigenvalue weighted by atomic mass is 35.5. The zero-order valence-corrected chi connectivity index (χ0v) is 20.9. The molecule has 2 aliphatic heterocycles. The minimum atomic E-state index is -0.188. The van der Waals surface area contributed by atoms with Crippen LogP contribution in [0.1, 0.15) is 34.7 Å². The van der Waals surface area contributed by atoms with Gasteiger partial charge in [-0.25, -0.2) is 5.01 Å². The van der Waals surface area contributed by atoms with Crippen molar-refractivity contribution in [2.45, 2.75) is 25.9 Å². The molecule has 0 spiro atoms. The molecule has 0 radical (unpaired) electrons. The van der Waals surface area contributed by atoms with Crippen molar-refractivity contribution in [3.8, 4) is 0 Å². The Hall–Kier alpha value is -2.99. The summed E-state index contributed by atoms with van der Waals surface area (Å²) in [5.74, 6) is 0.0218. The monoisotopic (exact) mass is 486 g/mol. The van der Waals surface area contributed by atoms with Crippen molar-refractivity contribution in [2.75, 3.05) is 32.7 Å². The van der Waals surface area contributed by atoms with Crippen molar-refractivity contribution in [1.82, 2.24) is 14.8 Å². The lowest BCUT2D eigenvalue weighted by molar-refractivity contribution is -0.134. The van der Waals surface area contributed by atoms with Crippen molar-refractivity contribution in [1.29, 1.82) is 0 Å². The summed E-state index contributed by atoms with van der Waals surface area (Å²) < 4.78 is 0. The molecule has 6 heteroatoms. The van der Waals surface area contributed by atoms with Crippen molar-refractivity contribution in [3.05, 3.63) is 106 Å². The fourth-order valence-electron chi connectivity index (χ4n) is 4.86. The third-order valence-corrected chi connectivity index (χ3v) is 7.23. The number of hydrazone groups is 1. The molecule has 1 fully saturated rings. The Morgan fingerprint density at radius 3 is 2.26 bits per heavy atom. The summed E-state index contributed by atoms with van der Waals surface area (Å²) in [6.07, 6.45) is 0.656. The molecule has 0 aromatic heterocycles. The second-order valence-electron chi connectivity index (χ2n) is 9.43. The quantitative estimate of drug-likeness (QED) is 0.484. The predicted molar refractivity (Wildman–Crippen MR) is 142 cm³/mol. The van der Waals surface area contributed by atoms with Crippen molar-refractivity contribution >= 4 is 23.2 Å². The third kappa shape index (κ3) is 5.64. The van der Waals surface area contributed by atoms with Gasteiger partial charge >= 0.3 is 0 Å². The number of aryl methyl sites for hydroxylation is 1. The number of hydrogen-bond donors (Lipinski definition) is 0. The molecule has 0 N–H and O–H groups in total. The van der Waals surface area contributed by atoms with Crippen LogP contribution >= 0.6 is 11.6 Å². The van der Waals surface area contributed by atoms with E-state index in [0.29, 0.717) is 18.0 Å². The van der Waals surface area contributed by atoms with Gasteiger partial charge in [0.15, 0.2) is 0 Å². The highest BCUT2D eigenvalue weighted by Crippen LogP contribution is 2.36. The van der Waals surface area contributed by atoms with Crippen LogP contribution in [0.4, 0.5) is 0 Å². The maximum absolute atomic E-state index is 13.5. The molecule has 35 heavy (non-hydrogen) atoms. The SMILES string of the molecule is Cc1ccc(C2=NN(C(=O)CN3CCN(Cc4ccccc4)CC3)C(c3ccccc3Cl)C2)cc1. The second kappa shape index (κ2) is 10.7. The summed E-state index contributed by atoms with van der Waals surface area (Å²) in [6, 6.07) is 26.5. The van der Waals surface area contributed by atoms with E-state index in [1.165, 1.54) is 11.1 Å². The summed E-state index contributed by atoms with van der Waals surface area (Å²) in [7, 11) is 0. The fourth-order valence-corrected chi connectivity index (χ4v) is 5.12. The molecule has 2 heterocycles. The lowest BCUT2D eigenvalue weighted by Gasteiger charge is -2.35. The minimum absolute atomic E-state index is 0.0218. The molecule has 0 bridgehead atoms.